The van der Waals surface area contributed by atoms with Crippen molar-refractivity contribution in [2.75, 3.05) is 18.8 Å². The molecule has 1 amide bonds. The predicted octanol–water partition coefficient (Wildman–Crippen LogP) is 5.03. The summed E-state index contributed by atoms with van der Waals surface area (Å²) >= 11 is 7.99. The number of nitrogens with zero attached hydrogens (tertiary/aromatic N) is 5. The molecule has 0 aliphatic heterocycles. The average Bonchev–Trinajstić information content (AvgIpc) is 3.18. The molecule has 0 atom stereocenters. The van der Waals surface area contributed by atoms with Gasteiger partial charge in [0.2, 0.25) is 5.91 Å². The van der Waals surface area contributed by atoms with Gasteiger partial charge in [-0.05, 0) is 57.0 Å². The standard InChI is InChI=1S/C22H26ClN5OS/c1-4-27(5-2)20(29)10-7-15-30-22-26-25-21(17-11-13-24-14-12-17)28(22)19-9-6-8-18(23)16(19)3/h6,8-9,11-14H,4-5,7,10,15H2,1-3H3. The quantitative estimate of drug-likeness (QED) is 0.342. The van der Waals surface area contributed by atoms with E-state index in [0.717, 1.165) is 53.1 Å². The summed E-state index contributed by atoms with van der Waals surface area (Å²) in [7, 11) is 0. The van der Waals surface area contributed by atoms with Gasteiger partial charge in [-0.1, -0.05) is 29.4 Å². The Balaban J connectivity index is 1.84. The van der Waals surface area contributed by atoms with Crippen molar-refractivity contribution < 1.29 is 4.79 Å². The first kappa shape index (κ1) is 22.3. The van der Waals surface area contributed by atoms with E-state index < -0.39 is 0 Å². The van der Waals surface area contributed by atoms with Crippen LogP contribution in [-0.4, -0.2) is 49.4 Å². The maximum absolute atomic E-state index is 12.2. The van der Waals surface area contributed by atoms with Gasteiger partial charge in [0.05, 0.1) is 5.69 Å². The molecule has 2 aromatic heterocycles. The third-order valence-electron chi connectivity index (χ3n) is 4.93. The van der Waals surface area contributed by atoms with E-state index in [1.165, 1.54) is 0 Å². The fraction of sp³-hybridized carbons (Fsp3) is 0.364. The Hall–Kier alpha value is -2.38. The topological polar surface area (TPSA) is 63.9 Å². The summed E-state index contributed by atoms with van der Waals surface area (Å²) < 4.78 is 2.04. The molecule has 0 N–H and O–H groups in total. The minimum atomic E-state index is 0.199. The highest BCUT2D eigenvalue weighted by atomic mass is 35.5. The van der Waals surface area contributed by atoms with Crippen LogP contribution in [-0.2, 0) is 4.79 Å². The molecule has 158 valence electrons. The van der Waals surface area contributed by atoms with Crippen molar-refractivity contribution >= 4 is 29.3 Å². The molecule has 0 saturated heterocycles. The van der Waals surface area contributed by atoms with Crippen LogP contribution in [0.5, 0.6) is 0 Å². The highest BCUT2D eigenvalue weighted by Crippen LogP contribution is 2.31. The fourth-order valence-corrected chi connectivity index (χ4v) is 4.28. The monoisotopic (exact) mass is 443 g/mol. The van der Waals surface area contributed by atoms with Crippen molar-refractivity contribution in [1.82, 2.24) is 24.6 Å². The molecule has 3 aromatic rings. The largest absolute Gasteiger partial charge is 0.343 e. The molecule has 0 fully saturated rings. The van der Waals surface area contributed by atoms with Crippen molar-refractivity contribution in [1.29, 1.82) is 0 Å². The van der Waals surface area contributed by atoms with Gasteiger partial charge < -0.3 is 4.90 Å². The molecule has 1 aromatic carbocycles. The minimum absolute atomic E-state index is 0.199. The van der Waals surface area contributed by atoms with E-state index in [1.807, 2.05) is 60.6 Å². The number of amides is 1. The van der Waals surface area contributed by atoms with Crippen LogP contribution in [0.15, 0.2) is 47.9 Å². The molecular weight excluding hydrogens is 418 g/mol. The van der Waals surface area contributed by atoms with Gasteiger partial charge in [-0.3, -0.25) is 14.3 Å². The van der Waals surface area contributed by atoms with Gasteiger partial charge in [-0.25, -0.2) is 0 Å². The van der Waals surface area contributed by atoms with Crippen LogP contribution in [0.3, 0.4) is 0 Å². The normalized spacial score (nSPS) is 10.9. The van der Waals surface area contributed by atoms with Gasteiger partial charge in [0.15, 0.2) is 11.0 Å². The number of halogens is 1. The third kappa shape index (κ3) is 5.02. The van der Waals surface area contributed by atoms with Crippen molar-refractivity contribution in [2.45, 2.75) is 38.8 Å². The maximum atomic E-state index is 12.2. The molecule has 0 unspecified atom stereocenters. The second-order valence-corrected chi connectivity index (χ2v) is 8.25. The summed E-state index contributed by atoms with van der Waals surface area (Å²) in [4.78, 5) is 18.2. The summed E-state index contributed by atoms with van der Waals surface area (Å²) in [5.74, 6) is 1.72. The molecule has 8 heteroatoms. The smallest absolute Gasteiger partial charge is 0.222 e. The molecule has 6 nitrogen and oxygen atoms in total. The Morgan fingerprint density at radius 1 is 1.13 bits per heavy atom. The van der Waals surface area contributed by atoms with Gasteiger partial charge in [-0.2, -0.15) is 0 Å². The molecule has 2 heterocycles. The molecule has 0 spiro atoms. The molecule has 30 heavy (non-hydrogen) atoms. The third-order valence-corrected chi connectivity index (χ3v) is 6.36. The van der Waals surface area contributed by atoms with Gasteiger partial charge in [-0.15, -0.1) is 10.2 Å². The zero-order valence-electron chi connectivity index (χ0n) is 17.5. The average molecular weight is 444 g/mol. The fourth-order valence-electron chi connectivity index (χ4n) is 3.23. The summed E-state index contributed by atoms with van der Waals surface area (Å²) in [6, 6.07) is 9.65. The van der Waals surface area contributed by atoms with E-state index >= 15 is 0 Å². The Bertz CT molecular complexity index is 988. The van der Waals surface area contributed by atoms with Crippen molar-refractivity contribution in [3.8, 4) is 17.1 Å². The zero-order valence-corrected chi connectivity index (χ0v) is 19.1. The van der Waals surface area contributed by atoms with Crippen molar-refractivity contribution in [2.24, 2.45) is 0 Å². The lowest BCUT2D eigenvalue weighted by molar-refractivity contribution is -0.130. The van der Waals surface area contributed by atoms with Crippen molar-refractivity contribution in [3.63, 3.8) is 0 Å². The first-order valence-electron chi connectivity index (χ1n) is 10.1. The minimum Gasteiger partial charge on any atom is -0.343 e. The zero-order chi connectivity index (χ0) is 21.5. The number of pyridine rings is 1. The lowest BCUT2D eigenvalue weighted by Crippen LogP contribution is -2.30. The highest BCUT2D eigenvalue weighted by molar-refractivity contribution is 7.99. The lowest BCUT2D eigenvalue weighted by atomic mass is 10.2. The number of aromatic nitrogens is 4. The molecule has 0 radical (unpaired) electrons. The number of hydrogen-bond acceptors (Lipinski definition) is 5. The van der Waals surface area contributed by atoms with E-state index in [0.29, 0.717) is 11.4 Å². The molecule has 0 aliphatic rings. The predicted molar refractivity (Wildman–Crippen MR) is 122 cm³/mol. The van der Waals surface area contributed by atoms with Crippen molar-refractivity contribution in [3.05, 3.63) is 53.3 Å². The van der Waals surface area contributed by atoms with E-state index in [1.54, 1.807) is 24.2 Å². The summed E-state index contributed by atoms with van der Waals surface area (Å²) in [6.07, 6.45) is 4.80. The van der Waals surface area contributed by atoms with Crippen LogP contribution in [0, 0.1) is 6.92 Å². The number of carbonyl (C=O) groups is 1. The molecule has 0 bridgehead atoms. The van der Waals surface area contributed by atoms with E-state index in [2.05, 4.69) is 15.2 Å². The Kier molecular flexibility index (Phi) is 7.87. The molecule has 0 saturated carbocycles. The summed E-state index contributed by atoms with van der Waals surface area (Å²) in [6.45, 7) is 7.50. The second kappa shape index (κ2) is 10.6. The highest BCUT2D eigenvalue weighted by Gasteiger charge is 2.18. The lowest BCUT2D eigenvalue weighted by Gasteiger charge is -2.18. The molecule has 0 aliphatic carbocycles. The van der Waals surface area contributed by atoms with Crippen LogP contribution >= 0.6 is 23.4 Å². The first-order valence-corrected chi connectivity index (χ1v) is 11.4. The summed E-state index contributed by atoms with van der Waals surface area (Å²) in [5, 5.41) is 10.4. The SMILES string of the molecule is CCN(CC)C(=O)CCCSc1nnc(-c2ccncc2)n1-c1cccc(Cl)c1C. The Labute approximate surface area is 186 Å². The van der Waals surface area contributed by atoms with E-state index in [-0.39, 0.29) is 5.91 Å². The molecular formula is C22H26ClN5OS. The van der Waals surface area contributed by atoms with Crippen LogP contribution in [0.4, 0.5) is 0 Å². The van der Waals surface area contributed by atoms with E-state index in [4.69, 9.17) is 11.6 Å². The Morgan fingerprint density at radius 2 is 1.87 bits per heavy atom. The van der Waals surface area contributed by atoms with Crippen LogP contribution in [0.25, 0.3) is 17.1 Å². The first-order chi connectivity index (χ1) is 14.6. The second-order valence-electron chi connectivity index (χ2n) is 6.78. The summed E-state index contributed by atoms with van der Waals surface area (Å²) in [5.41, 5.74) is 2.84. The van der Waals surface area contributed by atoms with Gasteiger partial charge in [0.1, 0.15) is 0 Å². The number of hydrogen-bond donors (Lipinski definition) is 0. The number of benzene rings is 1. The molecule has 3 rings (SSSR count). The number of carbonyl (C=O) groups excluding carboxylic acids is 1. The number of thioether (sulfide) groups is 1. The van der Waals surface area contributed by atoms with Gasteiger partial charge in [0, 0.05) is 48.2 Å². The van der Waals surface area contributed by atoms with Gasteiger partial charge in [0.25, 0.3) is 0 Å². The maximum Gasteiger partial charge on any atom is 0.222 e. The van der Waals surface area contributed by atoms with Crippen LogP contribution in [0.1, 0.15) is 32.3 Å². The number of rotatable bonds is 9. The van der Waals surface area contributed by atoms with Crippen LogP contribution in [0.2, 0.25) is 5.02 Å². The van der Waals surface area contributed by atoms with Crippen LogP contribution < -0.4 is 0 Å². The van der Waals surface area contributed by atoms with E-state index in [9.17, 15) is 4.79 Å². The Morgan fingerprint density at radius 3 is 2.57 bits per heavy atom. The van der Waals surface area contributed by atoms with Gasteiger partial charge >= 0.3 is 0 Å².